The van der Waals surface area contributed by atoms with Gasteiger partial charge < -0.3 is 9.74 Å². The van der Waals surface area contributed by atoms with E-state index in [0.717, 1.165) is 16.2 Å². The Balaban J connectivity index is 1.58. The molecule has 0 spiro atoms. The van der Waals surface area contributed by atoms with E-state index in [4.69, 9.17) is 4.84 Å². The lowest BCUT2D eigenvalue weighted by Gasteiger charge is -2.23. The summed E-state index contributed by atoms with van der Waals surface area (Å²) in [4.78, 5) is 20.9. The van der Waals surface area contributed by atoms with Crippen LogP contribution < -0.4 is 0 Å². The molecule has 1 aromatic carbocycles. The number of hydrogen-bond acceptors (Lipinski definition) is 4. The zero-order chi connectivity index (χ0) is 16.8. The van der Waals surface area contributed by atoms with Crippen molar-refractivity contribution in [1.29, 1.82) is 0 Å². The molecule has 0 bridgehead atoms. The molecule has 4 nitrogen and oxygen atoms in total. The molecule has 0 saturated carbocycles. The van der Waals surface area contributed by atoms with Crippen LogP contribution in [0.25, 0.3) is 0 Å². The minimum absolute atomic E-state index is 0.0918. The third kappa shape index (κ3) is 4.11. The summed E-state index contributed by atoms with van der Waals surface area (Å²) < 4.78 is 0. The van der Waals surface area contributed by atoms with Gasteiger partial charge in [0.25, 0.3) is 0 Å². The average Bonchev–Trinajstić information content (AvgIpc) is 3.27. The number of amides is 1. The lowest BCUT2D eigenvalue weighted by atomic mass is 10.0. The predicted octanol–water partition coefficient (Wildman–Crippen LogP) is 3.50. The van der Waals surface area contributed by atoms with Gasteiger partial charge in [0, 0.05) is 17.8 Å². The Bertz CT molecular complexity index is 710. The first-order chi connectivity index (χ1) is 11.8. The van der Waals surface area contributed by atoms with Crippen molar-refractivity contribution in [3.05, 3.63) is 70.9 Å². The lowest BCUT2D eigenvalue weighted by Crippen LogP contribution is -2.38. The van der Waals surface area contributed by atoms with E-state index in [9.17, 15) is 4.79 Å². The number of benzene rings is 1. The second kappa shape index (κ2) is 7.93. The smallest absolute Gasteiger partial charge is 0.228 e. The number of oxime groups is 1. The largest absolute Gasteiger partial charge is 0.390 e. The van der Waals surface area contributed by atoms with Crippen LogP contribution in [0.3, 0.4) is 0 Å². The number of hydrogen-bond donors (Lipinski definition) is 0. The Hall–Kier alpha value is -2.40. The number of rotatable bonds is 7. The molecule has 2 heterocycles. The van der Waals surface area contributed by atoms with E-state index in [1.807, 2.05) is 47.8 Å². The summed E-state index contributed by atoms with van der Waals surface area (Å²) in [5.74, 6) is 0.0918. The topological polar surface area (TPSA) is 41.9 Å². The third-order valence-corrected chi connectivity index (χ3v) is 4.75. The van der Waals surface area contributed by atoms with Crippen molar-refractivity contribution in [2.24, 2.45) is 5.16 Å². The highest BCUT2D eigenvalue weighted by molar-refractivity contribution is 7.10. The van der Waals surface area contributed by atoms with E-state index >= 15 is 0 Å². The highest BCUT2D eigenvalue weighted by atomic mass is 32.1. The Labute approximate surface area is 146 Å². The van der Waals surface area contributed by atoms with Crippen molar-refractivity contribution < 1.29 is 9.63 Å². The molecule has 1 aliphatic rings. The Morgan fingerprint density at radius 2 is 2.17 bits per heavy atom. The molecule has 0 fully saturated rings. The molecule has 124 valence electrons. The van der Waals surface area contributed by atoms with Gasteiger partial charge in [-0.2, -0.15) is 0 Å². The second-order valence-electron chi connectivity index (χ2n) is 5.68. The quantitative estimate of drug-likeness (QED) is 0.724. The van der Waals surface area contributed by atoms with Gasteiger partial charge in [-0.15, -0.1) is 17.9 Å². The van der Waals surface area contributed by atoms with Gasteiger partial charge >= 0.3 is 0 Å². The van der Waals surface area contributed by atoms with Crippen molar-refractivity contribution in [3.8, 4) is 0 Å². The van der Waals surface area contributed by atoms with Crippen LogP contribution in [0.4, 0.5) is 0 Å². The van der Waals surface area contributed by atoms with E-state index in [-0.39, 0.29) is 12.0 Å². The first-order valence-corrected chi connectivity index (χ1v) is 8.83. The molecule has 0 radical (unpaired) electrons. The van der Waals surface area contributed by atoms with Crippen molar-refractivity contribution in [2.45, 2.75) is 18.9 Å². The van der Waals surface area contributed by atoms with Crippen LogP contribution in [0, 0.1) is 0 Å². The maximum atomic E-state index is 12.5. The molecule has 2 aromatic rings. The Morgan fingerprint density at radius 1 is 1.33 bits per heavy atom. The van der Waals surface area contributed by atoms with Gasteiger partial charge in [-0.05, 0) is 17.0 Å². The van der Waals surface area contributed by atoms with Crippen LogP contribution in [0.5, 0.6) is 0 Å². The van der Waals surface area contributed by atoms with E-state index in [1.54, 1.807) is 22.3 Å². The van der Waals surface area contributed by atoms with E-state index in [2.05, 4.69) is 11.7 Å². The standard InChI is InChI=1S/C19H20N2O2S/c1-2-10-21(19(22)13-17-9-6-11-24-17)14-16-12-18(20-23-16)15-7-4-3-5-8-15/h2-9,11,16H,1,10,12-14H2. The van der Waals surface area contributed by atoms with E-state index < -0.39 is 0 Å². The van der Waals surface area contributed by atoms with Crippen LogP contribution in [-0.4, -0.2) is 35.7 Å². The van der Waals surface area contributed by atoms with Crippen LogP contribution in [0.2, 0.25) is 0 Å². The molecule has 0 aliphatic carbocycles. The van der Waals surface area contributed by atoms with Crippen molar-refractivity contribution in [2.75, 3.05) is 13.1 Å². The summed E-state index contributed by atoms with van der Waals surface area (Å²) >= 11 is 1.60. The molecule has 1 unspecified atom stereocenters. The average molecular weight is 340 g/mol. The van der Waals surface area contributed by atoms with Gasteiger partial charge in [-0.3, -0.25) is 4.79 Å². The van der Waals surface area contributed by atoms with Crippen LogP contribution in [0.1, 0.15) is 16.9 Å². The predicted molar refractivity (Wildman–Crippen MR) is 97.3 cm³/mol. The highest BCUT2D eigenvalue weighted by Crippen LogP contribution is 2.18. The van der Waals surface area contributed by atoms with Gasteiger partial charge in [0.15, 0.2) is 6.10 Å². The molecule has 5 heteroatoms. The van der Waals surface area contributed by atoms with Gasteiger partial charge in [-0.1, -0.05) is 47.6 Å². The van der Waals surface area contributed by atoms with E-state index in [0.29, 0.717) is 25.9 Å². The van der Waals surface area contributed by atoms with Gasteiger partial charge in [0.1, 0.15) is 0 Å². The molecule has 0 saturated heterocycles. The summed E-state index contributed by atoms with van der Waals surface area (Å²) in [5.41, 5.74) is 2.00. The summed E-state index contributed by atoms with van der Waals surface area (Å²) in [6, 6.07) is 13.9. The molecule has 0 N–H and O–H groups in total. The Morgan fingerprint density at radius 3 is 2.88 bits per heavy atom. The fraction of sp³-hybridized carbons (Fsp3) is 0.263. The normalized spacial score (nSPS) is 16.3. The number of nitrogens with zero attached hydrogens (tertiary/aromatic N) is 2. The first-order valence-electron chi connectivity index (χ1n) is 7.95. The molecule has 24 heavy (non-hydrogen) atoms. The van der Waals surface area contributed by atoms with Crippen molar-refractivity contribution in [1.82, 2.24) is 4.90 Å². The van der Waals surface area contributed by atoms with Crippen molar-refractivity contribution in [3.63, 3.8) is 0 Å². The fourth-order valence-electron chi connectivity index (χ4n) is 2.68. The van der Waals surface area contributed by atoms with E-state index in [1.165, 1.54) is 0 Å². The maximum Gasteiger partial charge on any atom is 0.228 e. The monoisotopic (exact) mass is 340 g/mol. The Kier molecular flexibility index (Phi) is 5.43. The van der Waals surface area contributed by atoms with Gasteiger partial charge in [0.2, 0.25) is 5.91 Å². The minimum atomic E-state index is -0.104. The number of thiophene rings is 1. The summed E-state index contributed by atoms with van der Waals surface area (Å²) in [6.07, 6.45) is 2.78. The molecule has 3 rings (SSSR count). The van der Waals surface area contributed by atoms with Crippen molar-refractivity contribution >= 4 is 23.0 Å². The highest BCUT2D eigenvalue weighted by Gasteiger charge is 2.26. The van der Waals surface area contributed by atoms with Gasteiger partial charge in [0.05, 0.1) is 18.7 Å². The minimum Gasteiger partial charge on any atom is -0.390 e. The SMILES string of the molecule is C=CCN(CC1CC(c2ccccc2)=NO1)C(=O)Cc1cccs1. The fourth-order valence-corrected chi connectivity index (χ4v) is 3.38. The number of carbonyl (C=O) groups excluding carboxylic acids is 1. The first kappa shape index (κ1) is 16.5. The van der Waals surface area contributed by atoms with Gasteiger partial charge in [-0.25, -0.2) is 0 Å². The van der Waals surface area contributed by atoms with Crippen LogP contribution in [-0.2, 0) is 16.1 Å². The zero-order valence-electron chi connectivity index (χ0n) is 13.4. The summed E-state index contributed by atoms with van der Waals surface area (Å²) in [6.45, 7) is 4.80. The maximum absolute atomic E-state index is 12.5. The molecule has 1 atom stereocenters. The molecule has 1 aliphatic heterocycles. The number of carbonyl (C=O) groups is 1. The zero-order valence-corrected chi connectivity index (χ0v) is 14.2. The third-order valence-electron chi connectivity index (χ3n) is 3.87. The second-order valence-corrected chi connectivity index (χ2v) is 6.71. The summed E-state index contributed by atoms with van der Waals surface area (Å²) in [5, 5.41) is 6.18. The van der Waals surface area contributed by atoms with Crippen LogP contribution >= 0.6 is 11.3 Å². The summed E-state index contributed by atoms with van der Waals surface area (Å²) in [7, 11) is 0. The molecular formula is C19H20N2O2S. The molecule has 1 amide bonds. The van der Waals surface area contributed by atoms with Crippen LogP contribution in [0.15, 0.2) is 65.7 Å². The lowest BCUT2D eigenvalue weighted by molar-refractivity contribution is -0.131. The molecular weight excluding hydrogens is 320 g/mol. The molecule has 1 aromatic heterocycles.